The third-order valence-corrected chi connectivity index (χ3v) is 3.99. The molecule has 140 valence electrons. The van der Waals surface area contributed by atoms with Gasteiger partial charge >= 0.3 is 0 Å². The summed E-state index contributed by atoms with van der Waals surface area (Å²) in [7, 11) is 1.62. The van der Waals surface area contributed by atoms with Crippen LogP contribution in [0.2, 0.25) is 0 Å². The van der Waals surface area contributed by atoms with Gasteiger partial charge in [-0.2, -0.15) is 4.98 Å². The van der Waals surface area contributed by atoms with Crippen molar-refractivity contribution < 1.29 is 18.4 Å². The van der Waals surface area contributed by atoms with Crippen LogP contribution in [0.25, 0.3) is 11.4 Å². The van der Waals surface area contributed by atoms with Gasteiger partial charge in [-0.25, -0.2) is 4.39 Å². The van der Waals surface area contributed by atoms with E-state index in [1.165, 1.54) is 11.0 Å². The van der Waals surface area contributed by atoms with Crippen LogP contribution in [0, 0.1) is 5.82 Å². The fourth-order valence-corrected chi connectivity index (χ4v) is 2.53. The normalized spacial score (nSPS) is 10.6. The van der Waals surface area contributed by atoms with Crippen molar-refractivity contribution in [2.75, 3.05) is 13.7 Å². The SMILES string of the molecule is CCOc1ccc(-c2noc(CN(C)C(=O)Cc3ccccc3F)n2)cc1. The molecule has 0 atom stereocenters. The van der Waals surface area contributed by atoms with E-state index in [1.54, 1.807) is 25.2 Å². The highest BCUT2D eigenvalue weighted by Gasteiger charge is 2.16. The molecule has 2 aromatic carbocycles. The van der Waals surface area contributed by atoms with Crippen LogP contribution >= 0.6 is 0 Å². The minimum atomic E-state index is -0.394. The maximum atomic E-state index is 13.7. The molecule has 0 bridgehead atoms. The van der Waals surface area contributed by atoms with E-state index in [-0.39, 0.29) is 18.9 Å². The zero-order valence-electron chi connectivity index (χ0n) is 15.2. The van der Waals surface area contributed by atoms with Gasteiger partial charge in [-0.3, -0.25) is 4.79 Å². The Bertz CT molecular complexity index is 909. The fraction of sp³-hybridized carbons (Fsp3) is 0.250. The molecular formula is C20H20FN3O3. The molecule has 0 aliphatic rings. The molecule has 0 saturated carbocycles. The molecule has 7 heteroatoms. The third-order valence-electron chi connectivity index (χ3n) is 3.99. The second-order valence-corrected chi connectivity index (χ2v) is 5.99. The first-order valence-electron chi connectivity index (χ1n) is 8.60. The number of halogens is 1. The number of benzene rings is 2. The van der Waals surface area contributed by atoms with E-state index >= 15 is 0 Å². The smallest absolute Gasteiger partial charge is 0.246 e. The summed E-state index contributed by atoms with van der Waals surface area (Å²) in [6.45, 7) is 2.67. The molecular weight excluding hydrogens is 349 g/mol. The van der Waals surface area contributed by atoms with Gasteiger partial charge in [0.05, 0.1) is 19.6 Å². The van der Waals surface area contributed by atoms with Gasteiger partial charge in [0.25, 0.3) is 0 Å². The average Bonchev–Trinajstić information content (AvgIpc) is 3.13. The largest absolute Gasteiger partial charge is 0.494 e. The lowest BCUT2D eigenvalue weighted by atomic mass is 10.1. The Labute approximate surface area is 156 Å². The monoisotopic (exact) mass is 369 g/mol. The summed E-state index contributed by atoms with van der Waals surface area (Å²) >= 11 is 0. The van der Waals surface area contributed by atoms with Crippen molar-refractivity contribution in [3.05, 3.63) is 65.8 Å². The third kappa shape index (κ3) is 4.69. The Hall–Kier alpha value is -3.22. The summed E-state index contributed by atoms with van der Waals surface area (Å²) in [5, 5.41) is 3.95. The van der Waals surface area contributed by atoms with E-state index in [2.05, 4.69) is 10.1 Å². The lowest BCUT2D eigenvalue weighted by molar-refractivity contribution is -0.130. The van der Waals surface area contributed by atoms with Crippen molar-refractivity contribution in [2.24, 2.45) is 0 Å². The molecule has 0 saturated heterocycles. The lowest BCUT2D eigenvalue weighted by Gasteiger charge is -2.14. The highest BCUT2D eigenvalue weighted by atomic mass is 19.1. The van der Waals surface area contributed by atoms with Gasteiger partial charge in [0, 0.05) is 12.6 Å². The molecule has 3 rings (SSSR count). The number of likely N-dealkylation sites (N-methyl/N-ethyl adjacent to an activating group) is 1. The van der Waals surface area contributed by atoms with E-state index < -0.39 is 5.82 Å². The second-order valence-electron chi connectivity index (χ2n) is 5.99. The van der Waals surface area contributed by atoms with Crippen LogP contribution in [0.15, 0.2) is 53.1 Å². The van der Waals surface area contributed by atoms with Crippen LogP contribution in [0.4, 0.5) is 4.39 Å². The van der Waals surface area contributed by atoms with Crippen LogP contribution in [-0.4, -0.2) is 34.6 Å². The van der Waals surface area contributed by atoms with Gasteiger partial charge in [0.2, 0.25) is 17.6 Å². The summed E-state index contributed by atoms with van der Waals surface area (Å²) in [6, 6.07) is 13.6. The van der Waals surface area contributed by atoms with Crippen LogP contribution in [-0.2, 0) is 17.8 Å². The van der Waals surface area contributed by atoms with Crippen molar-refractivity contribution in [3.8, 4) is 17.1 Å². The number of hydrogen-bond donors (Lipinski definition) is 0. The van der Waals surface area contributed by atoms with Gasteiger partial charge in [0.1, 0.15) is 11.6 Å². The molecule has 0 aliphatic heterocycles. The van der Waals surface area contributed by atoms with E-state index in [0.717, 1.165) is 11.3 Å². The average molecular weight is 369 g/mol. The fourth-order valence-electron chi connectivity index (χ4n) is 2.53. The first-order chi connectivity index (χ1) is 13.1. The summed E-state index contributed by atoms with van der Waals surface area (Å²) in [5.74, 6) is 0.880. The van der Waals surface area contributed by atoms with Gasteiger partial charge in [-0.05, 0) is 42.8 Å². The van der Waals surface area contributed by atoms with Crippen LogP contribution in [0.3, 0.4) is 0 Å². The molecule has 1 amide bonds. The van der Waals surface area contributed by atoms with E-state index in [1.807, 2.05) is 31.2 Å². The minimum absolute atomic E-state index is 0.0247. The number of carbonyl (C=O) groups excluding carboxylic acids is 1. The number of amides is 1. The quantitative estimate of drug-likeness (QED) is 0.638. The van der Waals surface area contributed by atoms with E-state index in [0.29, 0.717) is 23.9 Å². The molecule has 0 radical (unpaired) electrons. The Morgan fingerprint density at radius 3 is 2.63 bits per heavy atom. The van der Waals surface area contributed by atoms with Crippen molar-refractivity contribution in [3.63, 3.8) is 0 Å². The zero-order valence-corrected chi connectivity index (χ0v) is 15.2. The molecule has 0 spiro atoms. The van der Waals surface area contributed by atoms with Crippen LogP contribution in [0.1, 0.15) is 18.4 Å². The van der Waals surface area contributed by atoms with E-state index in [4.69, 9.17) is 9.26 Å². The summed E-state index contributed by atoms with van der Waals surface area (Å²) in [6.07, 6.45) is -0.0247. The predicted octanol–water partition coefficient (Wildman–Crippen LogP) is 3.48. The predicted molar refractivity (Wildman–Crippen MR) is 97.5 cm³/mol. The highest BCUT2D eigenvalue weighted by Crippen LogP contribution is 2.20. The number of aromatic nitrogens is 2. The number of nitrogens with zero attached hydrogens (tertiary/aromatic N) is 3. The summed E-state index contributed by atoms with van der Waals surface area (Å²) < 4.78 is 24.3. The minimum Gasteiger partial charge on any atom is -0.494 e. The topological polar surface area (TPSA) is 68.5 Å². The second kappa shape index (κ2) is 8.44. The summed E-state index contributed by atoms with van der Waals surface area (Å²) in [4.78, 5) is 18.0. The van der Waals surface area contributed by atoms with Crippen molar-refractivity contribution in [1.29, 1.82) is 0 Å². The number of hydrogen-bond acceptors (Lipinski definition) is 5. The lowest BCUT2D eigenvalue weighted by Crippen LogP contribution is -2.28. The Morgan fingerprint density at radius 2 is 1.93 bits per heavy atom. The van der Waals surface area contributed by atoms with Gasteiger partial charge in [-0.1, -0.05) is 23.4 Å². The van der Waals surface area contributed by atoms with Gasteiger partial charge in [0.15, 0.2) is 0 Å². The van der Waals surface area contributed by atoms with Crippen molar-refractivity contribution >= 4 is 5.91 Å². The maximum Gasteiger partial charge on any atom is 0.246 e. The van der Waals surface area contributed by atoms with Crippen LogP contribution < -0.4 is 4.74 Å². The Morgan fingerprint density at radius 1 is 1.19 bits per heavy atom. The van der Waals surface area contributed by atoms with E-state index in [9.17, 15) is 9.18 Å². The molecule has 1 aromatic heterocycles. The standard InChI is InChI=1S/C20H20FN3O3/c1-3-26-16-10-8-14(9-11-16)20-22-18(27-23-20)13-24(2)19(25)12-15-6-4-5-7-17(15)21/h4-11H,3,12-13H2,1-2H3. The molecule has 27 heavy (non-hydrogen) atoms. The molecule has 0 aliphatic carbocycles. The zero-order chi connectivity index (χ0) is 19.2. The first-order valence-corrected chi connectivity index (χ1v) is 8.60. The molecule has 6 nitrogen and oxygen atoms in total. The van der Waals surface area contributed by atoms with Gasteiger partial charge < -0.3 is 14.2 Å². The number of carbonyl (C=O) groups is 1. The summed E-state index contributed by atoms with van der Waals surface area (Å²) in [5.41, 5.74) is 1.14. The molecule has 0 unspecified atom stereocenters. The Kier molecular flexibility index (Phi) is 5.80. The molecule has 1 heterocycles. The molecule has 0 fully saturated rings. The maximum absolute atomic E-state index is 13.7. The van der Waals surface area contributed by atoms with Crippen molar-refractivity contribution in [2.45, 2.75) is 19.9 Å². The van der Waals surface area contributed by atoms with Crippen LogP contribution in [0.5, 0.6) is 5.75 Å². The highest BCUT2D eigenvalue weighted by molar-refractivity contribution is 5.78. The first kappa shape index (κ1) is 18.6. The Balaban J connectivity index is 1.62. The number of ether oxygens (including phenoxy) is 1. The van der Waals surface area contributed by atoms with Gasteiger partial charge in [-0.15, -0.1) is 0 Å². The number of rotatable bonds is 7. The van der Waals surface area contributed by atoms with Crippen molar-refractivity contribution in [1.82, 2.24) is 15.0 Å². The molecule has 3 aromatic rings. The molecule has 0 N–H and O–H groups in total.